The number of methoxy groups -OCH3 is 1. The molecule has 1 atom stereocenters. The fourth-order valence-electron chi connectivity index (χ4n) is 4.26. The zero-order valence-electron chi connectivity index (χ0n) is 17.4. The van der Waals surface area contributed by atoms with Crippen molar-refractivity contribution in [3.8, 4) is 5.75 Å². The second kappa shape index (κ2) is 10.0. The highest BCUT2D eigenvalue weighted by Gasteiger charge is 2.34. The van der Waals surface area contributed by atoms with E-state index in [1.807, 2.05) is 48.5 Å². The van der Waals surface area contributed by atoms with Gasteiger partial charge in [-0.1, -0.05) is 59.6 Å². The maximum absolute atomic E-state index is 14.5. The van der Waals surface area contributed by atoms with Crippen molar-refractivity contribution in [1.82, 2.24) is 9.80 Å². The zero-order valence-corrected chi connectivity index (χ0v) is 18.9. The molecule has 1 aliphatic heterocycles. The molecule has 0 saturated carbocycles. The summed E-state index contributed by atoms with van der Waals surface area (Å²) >= 11 is 13.3. The molecule has 1 saturated heterocycles. The standard InChI is InChI=1S/C25H25Cl2FN2O/c1-31-20-9-4-7-18(15-20)16-29-13-6-14-30(17-19-8-2-3-12-23(19)28)25(29)24-21(26)10-5-11-22(24)27/h2-5,7-12,15,25H,6,13-14,16-17H2,1H3/t25-/m1/s1. The molecule has 4 rings (SSSR count). The molecule has 3 aromatic carbocycles. The van der Waals surface area contributed by atoms with Gasteiger partial charge in [-0.05, 0) is 42.3 Å². The van der Waals surface area contributed by atoms with E-state index in [4.69, 9.17) is 27.9 Å². The Bertz CT molecular complexity index is 1030. The van der Waals surface area contributed by atoms with Crippen LogP contribution < -0.4 is 4.74 Å². The second-order valence-corrected chi connectivity index (χ2v) is 8.56. The summed E-state index contributed by atoms with van der Waals surface area (Å²) in [4.78, 5) is 4.61. The molecule has 0 radical (unpaired) electrons. The van der Waals surface area contributed by atoms with Crippen molar-refractivity contribution in [3.05, 3.63) is 99.3 Å². The highest BCUT2D eigenvalue weighted by molar-refractivity contribution is 6.36. The molecular weight excluding hydrogens is 434 g/mol. The molecule has 31 heavy (non-hydrogen) atoms. The third kappa shape index (κ3) is 5.04. The molecule has 0 unspecified atom stereocenters. The van der Waals surface area contributed by atoms with Crippen molar-refractivity contribution in [1.29, 1.82) is 0 Å². The molecule has 1 heterocycles. The average molecular weight is 459 g/mol. The van der Waals surface area contributed by atoms with E-state index in [0.29, 0.717) is 28.7 Å². The summed E-state index contributed by atoms with van der Waals surface area (Å²) in [5.41, 5.74) is 2.67. The van der Waals surface area contributed by atoms with Crippen LogP contribution in [0.3, 0.4) is 0 Å². The molecule has 162 valence electrons. The number of ether oxygens (including phenoxy) is 1. The Morgan fingerprint density at radius 2 is 1.58 bits per heavy atom. The lowest BCUT2D eigenvalue weighted by molar-refractivity contribution is -0.00954. The minimum absolute atomic E-state index is 0.166. The highest BCUT2D eigenvalue weighted by atomic mass is 35.5. The number of rotatable bonds is 6. The van der Waals surface area contributed by atoms with Crippen LogP contribution in [0.25, 0.3) is 0 Å². The van der Waals surface area contributed by atoms with Crippen LogP contribution in [0, 0.1) is 5.82 Å². The topological polar surface area (TPSA) is 15.7 Å². The van der Waals surface area contributed by atoms with Crippen LogP contribution in [-0.4, -0.2) is 30.0 Å². The molecule has 0 aromatic heterocycles. The van der Waals surface area contributed by atoms with Crippen molar-refractivity contribution in [2.45, 2.75) is 25.7 Å². The predicted octanol–water partition coefficient (Wildman–Crippen LogP) is 6.55. The second-order valence-electron chi connectivity index (χ2n) is 7.75. The molecular formula is C25H25Cl2FN2O. The molecule has 0 spiro atoms. The largest absolute Gasteiger partial charge is 0.497 e. The molecule has 1 aliphatic rings. The summed E-state index contributed by atoms with van der Waals surface area (Å²) in [7, 11) is 1.67. The van der Waals surface area contributed by atoms with Gasteiger partial charge in [0.15, 0.2) is 0 Å². The van der Waals surface area contributed by atoms with Crippen LogP contribution in [0.2, 0.25) is 10.0 Å². The van der Waals surface area contributed by atoms with E-state index in [1.54, 1.807) is 13.2 Å². The number of halogens is 3. The van der Waals surface area contributed by atoms with Crippen LogP contribution in [0.15, 0.2) is 66.7 Å². The van der Waals surface area contributed by atoms with Gasteiger partial charge in [-0.25, -0.2) is 4.39 Å². The molecule has 1 fully saturated rings. The first kappa shape index (κ1) is 22.1. The van der Waals surface area contributed by atoms with Gasteiger partial charge < -0.3 is 4.74 Å². The maximum atomic E-state index is 14.5. The van der Waals surface area contributed by atoms with E-state index >= 15 is 0 Å². The van der Waals surface area contributed by atoms with E-state index in [1.165, 1.54) is 6.07 Å². The lowest BCUT2D eigenvalue weighted by Gasteiger charge is -2.45. The maximum Gasteiger partial charge on any atom is 0.127 e. The first-order valence-electron chi connectivity index (χ1n) is 10.3. The van der Waals surface area contributed by atoms with Crippen LogP contribution in [-0.2, 0) is 13.1 Å². The van der Waals surface area contributed by atoms with Crippen molar-refractivity contribution >= 4 is 23.2 Å². The van der Waals surface area contributed by atoms with Crippen LogP contribution in [0.5, 0.6) is 5.75 Å². The summed E-state index contributed by atoms with van der Waals surface area (Å²) < 4.78 is 19.8. The van der Waals surface area contributed by atoms with E-state index < -0.39 is 0 Å². The number of benzene rings is 3. The van der Waals surface area contributed by atoms with Gasteiger partial charge in [0.25, 0.3) is 0 Å². The molecule has 0 N–H and O–H groups in total. The summed E-state index contributed by atoms with van der Waals surface area (Å²) in [5, 5.41) is 1.24. The van der Waals surface area contributed by atoms with Crippen molar-refractivity contribution in [2.75, 3.05) is 20.2 Å². The van der Waals surface area contributed by atoms with Crippen LogP contribution in [0.4, 0.5) is 4.39 Å². The summed E-state index contributed by atoms with van der Waals surface area (Å²) in [6, 6.07) is 20.6. The van der Waals surface area contributed by atoms with Gasteiger partial charge in [0, 0.05) is 47.4 Å². The molecule has 0 aliphatic carbocycles. The Kier molecular flexibility index (Phi) is 7.13. The Hall–Kier alpha value is -2.11. The van der Waals surface area contributed by atoms with Crippen molar-refractivity contribution in [2.24, 2.45) is 0 Å². The number of hydrogen-bond acceptors (Lipinski definition) is 3. The minimum Gasteiger partial charge on any atom is -0.497 e. The lowest BCUT2D eigenvalue weighted by atomic mass is 10.0. The SMILES string of the molecule is COc1cccc(CN2CCCN(Cc3ccccc3F)[C@@H]2c2c(Cl)cccc2Cl)c1. The molecule has 3 nitrogen and oxygen atoms in total. The first-order chi connectivity index (χ1) is 15.1. The third-order valence-corrected chi connectivity index (χ3v) is 6.35. The first-order valence-corrected chi connectivity index (χ1v) is 11.1. The monoisotopic (exact) mass is 458 g/mol. The van der Waals surface area contributed by atoms with E-state index in [-0.39, 0.29) is 12.0 Å². The Labute approximate surface area is 192 Å². The number of hydrogen-bond donors (Lipinski definition) is 0. The fraction of sp³-hybridized carbons (Fsp3) is 0.280. The van der Waals surface area contributed by atoms with Gasteiger partial charge in [-0.15, -0.1) is 0 Å². The average Bonchev–Trinajstić information content (AvgIpc) is 2.77. The Balaban J connectivity index is 1.71. The van der Waals surface area contributed by atoms with Gasteiger partial charge in [-0.2, -0.15) is 0 Å². The molecule has 6 heteroatoms. The molecule has 0 bridgehead atoms. The van der Waals surface area contributed by atoms with E-state index in [0.717, 1.165) is 36.4 Å². The summed E-state index contributed by atoms with van der Waals surface area (Å²) in [5.74, 6) is 0.626. The van der Waals surface area contributed by atoms with Gasteiger partial charge in [-0.3, -0.25) is 9.80 Å². The lowest BCUT2D eigenvalue weighted by Crippen LogP contribution is -2.47. The highest BCUT2D eigenvalue weighted by Crippen LogP contribution is 2.39. The smallest absolute Gasteiger partial charge is 0.127 e. The van der Waals surface area contributed by atoms with E-state index in [2.05, 4.69) is 15.9 Å². The predicted molar refractivity (Wildman–Crippen MR) is 124 cm³/mol. The summed E-state index contributed by atoms with van der Waals surface area (Å²) in [6.45, 7) is 2.90. The molecule has 0 amide bonds. The van der Waals surface area contributed by atoms with E-state index in [9.17, 15) is 4.39 Å². The van der Waals surface area contributed by atoms with Crippen LogP contribution in [0.1, 0.15) is 29.3 Å². The Morgan fingerprint density at radius 3 is 2.29 bits per heavy atom. The van der Waals surface area contributed by atoms with Crippen LogP contribution >= 0.6 is 23.2 Å². The quantitative estimate of drug-likeness (QED) is 0.416. The Morgan fingerprint density at radius 1 is 0.903 bits per heavy atom. The fourth-order valence-corrected chi connectivity index (χ4v) is 4.85. The zero-order chi connectivity index (χ0) is 21.8. The summed E-state index contributed by atoms with van der Waals surface area (Å²) in [6.07, 6.45) is 0.803. The van der Waals surface area contributed by atoms with Gasteiger partial charge in [0.2, 0.25) is 0 Å². The molecule has 3 aromatic rings. The van der Waals surface area contributed by atoms with Gasteiger partial charge >= 0.3 is 0 Å². The van der Waals surface area contributed by atoms with Crippen molar-refractivity contribution < 1.29 is 9.13 Å². The number of nitrogens with zero attached hydrogens (tertiary/aromatic N) is 2. The van der Waals surface area contributed by atoms with Gasteiger partial charge in [0.1, 0.15) is 11.6 Å². The normalized spacial score (nSPS) is 17.6. The van der Waals surface area contributed by atoms with Crippen molar-refractivity contribution in [3.63, 3.8) is 0 Å². The third-order valence-electron chi connectivity index (χ3n) is 5.69. The minimum atomic E-state index is -0.198. The van der Waals surface area contributed by atoms with Gasteiger partial charge in [0.05, 0.1) is 13.3 Å².